The molecule has 3 nitrogen and oxygen atoms in total. The van der Waals surface area contributed by atoms with Gasteiger partial charge >= 0.3 is 0 Å². The van der Waals surface area contributed by atoms with Gasteiger partial charge in [0, 0.05) is 11.4 Å². The molecule has 0 radical (unpaired) electrons. The predicted octanol–water partition coefficient (Wildman–Crippen LogP) is 1.57. The minimum Gasteiger partial charge on any atom is -0.396 e. The van der Waals surface area contributed by atoms with Gasteiger partial charge < -0.3 is 15.9 Å². The van der Waals surface area contributed by atoms with Crippen molar-refractivity contribution in [2.45, 2.75) is 18.6 Å². The minimum absolute atomic E-state index is 0.0775. The molecular formula is C10H12ClF2NO2. The molecule has 0 saturated carbocycles. The zero-order valence-corrected chi connectivity index (χ0v) is 9.09. The summed E-state index contributed by atoms with van der Waals surface area (Å²) < 4.78 is 26.4. The Labute approximate surface area is 96.5 Å². The van der Waals surface area contributed by atoms with Crippen LogP contribution >= 0.6 is 11.6 Å². The molecular weight excluding hydrogens is 240 g/mol. The Bertz CT molecular complexity index is 376. The molecule has 0 aliphatic heterocycles. The summed E-state index contributed by atoms with van der Waals surface area (Å²) in [5, 5.41) is 19.0. The van der Waals surface area contributed by atoms with Gasteiger partial charge in [-0.15, -0.1) is 11.6 Å². The molecule has 2 unspecified atom stereocenters. The third-order valence-corrected chi connectivity index (χ3v) is 2.45. The highest BCUT2D eigenvalue weighted by atomic mass is 35.5. The molecule has 0 amide bonds. The lowest BCUT2D eigenvalue weighted by Crippen LogP contribution is -2.20. The van der Waals surface area contributed by atoms with E-state index in [2.05, 4.69) is 0 Å². The van der Waals surface area contributed by atoms with Crippen LogP contribution in [0.15, 0.2) is 12.1 Å². The van der Waals surface area contributed by atoms with Gasteiger partial charge in [0.2, 0.25) is 0 Å². The van der Waals surface area contributed by atoms with Crippen molar-refractivity contribution in [3.05, 3.63) is 29.3 Å². The van der Waals surface area contributed by atoms with Crippen LogP contribution in [0.3, 0.4) is 0 Å². The van der Waals surface area contributed by atoms with Crippen LogP contribution in [0.25, 0.3) is 0 Å². The Morgan fingerprint density at radius 3 is 2.44 bits per heavy atom. The van der Waals surface area contributed by atoms with Crippen LogP contribution in [0, 0.1) is 11.6 Å². The Morgan fingerprint density at radius 2 is 1.88 bits per heavy atom. The molecule has 0 aliphatic rings. The second kappa shape index (κ2) is 5.43. The zero-order valence-electron chi connectivity index (χ0n) is 8.33. The molecule has 16 heavy (non-hydrogen) atoms. The van der Waals surface area contributed by atoms with E-state index in [1.165, 1.54) is 0 Å². The first-order valence-corrected chi connectivity index (χ1v) is 5.18. The average molecular weight is 252 g/mol. The highest BCUT2D eigenvalue weighted by Crippen LogP contribution is 2.26. The van der Waals surface area contributed by atoms with E-state index < -0.39 is 23.8 Å². The fraction of sp³-hybridized carbons (Fsp3) is 0.400. The first-order valence-electron chi connectivity index (χ1n) is 4.64. The molecule has 4 N–H and O–H groups in total. The van der Waals surface area contributed by atoms with E-state index in [4.69, 9.17) is 17.3 Å². The molecule has 2 atom stereocenters. The van der Waals surface area contributed by atoms with Gasteiger partial charge in [-0.25, -0.2) is 8.78 Å². The van der Waals surface area contributed by atoms with Crippen molar-refractivity contribution in [3.8, 4) is 0 Å². The smallest absolute Gasteiger partial charge is 0.182 e. The van der Waals surface area contributed by atoms with E-state index in [0.29, 0.717) is 0 Å². The van der Waals surface area contributed by atoms with Crippen LogP contribution in [0.2, 0.25) is 0 Å². The summed E-state index contributed by atoms with van der Waals surface area (Å²) in [4.78, 5) is 0. The summed E-state index contributed by atoms with van der Waals surface area (Å²) in [6.45, 7) is 0. The van der Waals surface area contributed by atoms with Gasteiger partial charge in [0.25, 0.3) is 0 Å². The molecule has 0 aromatic heterocycles. The summed E-state index contributed by atoms with van der Waals surface area (Å²) >= 11 is 5.37. The minimum atomic E-state index is -1.52. The fourth-order valence-electron chi connectivity index (χ4n) is 1.28. The number of aliphatic hydroxyl groups is 2. The maximum atomic E-state index is 13.4. The number of alkyl halides is 1. The summed E-state index contributed by atoms with van der Waals surface area (Å²) in [5.41, 5.74) is 4.47. The predicted molar refractivity (Wildman–Crippen MR) is 57.1 cm³/mol. The lowest BCUT2D eigenvalue weighted by atomic mass is 10.0. The van der Waals surface area contributed by atoms with E-state index in [-0.39, 0.29) is 23.6 Å². The molecule has 0 fully saturated rings. The second-order valence-electron chi connectivity index (χ2n) is 3.36. The van der Waals surface area contributed by atoms with Crippen LogP contribution in [0.1, 0.15) is 18.1 Å². The molecule has 6 heteroatoms. The van der Waals surface area contributed by atoms with E-state index in [0.717, 1.165) is 12.1 Å². The first kappa shape index (κ1) is 13.2. The number of hydrogen-bond donors (Lipinski definition) is 3. The number of nitrogens with two attached hydrogens (primary N) is 1. The lowest BCUT2D eigenvalue weighted by molar-refractivity contribution is 0.0146. The van der Waals surface area contributed by atoms with Crippen molar-refractivity contribution in [2.75, 3.05) is 11.6 Å². The highest BCUT2D eigenvalue weighted by molar-refractivity contribution is 6.17. The lowest BCUT2D eigenvalue weighted by Gasteiger charge is -2.18. The van der Waals surface area contributed by atoms with Crippen molar-refractivity contribution in [3.63, 3.8) is 0 Å². The van der Waals surface area contributed by atoms with Gasteiger partial charge in [-0.2, -0.15) is 0 Å². The van der Waals surface area contributed by atoms with Crippen LogP contribution in [0.5, 0.6) is 0 Å². The Balaban J connectivity index is 3.00. The largest absolute Gasteiger partial charge is 0.396 e. The maximum absolute atomic E-state index is 13.4. The van der Waals surface area contributed by atoms with E-state index in [9.17, 15) is 19.0 Å². The quantitative estimate of drug-likeness (QED) is 0.562. The molecule has 0 heterocycles. The second-order valence-corrected chi connectivity index (χ2v) is 3.74. The van der Waals surface area contributed by atoms with Gasteiger partial charge in [-0.3, -0.25) is 0 Å². The molecule has 0 saturated heterocycles. The Kier molecular flexibility index (Phi) is 4.46. The summed E-state index contributed by atoms with van der Waals surface area (Å²) in [6.07, 6.45) is -2.68. The number of aliphatic hydroxyl groups excluding tert-OH is 2. The van der Waals surface area contributed by atoms with Crippen molar-refractivity contribution in [2.24, 2.45) is 0 Å². The molecule has 1 rings (SSSR count). The molecule has 1 aromatic rings. The molecule has 0 bridgehead atoms. The highest BCUT2D eigenvalue weighted by Gasteiger charge is 2.23. The standard InChI is InChI=1S/C10H12ClF2NO2/c11-4-3-7(15)10(16)5-1-2-6(14)9(13)8(5)12/h1-2,7,10,15-16H,3-4,14H2. The number of rotatable bonds is 4. The Hall–Kier alpha value is -0.910. The van der Waals surface area contributed by atoms with Crippen LogP contribution in [0.4, 0.5) is 14.5 Å². The maximum Gasteiger partial charge on any atom is 0.182 e. The topological polar surface area (TPSA) is 66.5 Å². The van der Waals surface area contributed by atoms with Gasteiger partial charge in [0.15, 0.2) is 11.6 Å². The Morgan fingerprint density at radius 1 is 1.25 bits per heavy atom. The molecule has 0 spiro atoms. The number of hydrogen-bond acceptors (Lipinski definition) is 3. The van der Waals surface area contributed by atoms with Crippen molar-refractivity contribution >= 4 is 17.3 Å². The fourth-order valence-corrected chi connectivity index (χ4v) is 1.51. The van der Waals surface area contributed by atoms with Crippen LogP contribution in [-0.2, 0) is 0 Å². The number of benzene rings is 1. The zero-order chi connectivity index (χ0) is 12.3. The third kappa shape index (κ3) is 2.61. The number of nitrogen functional groups attached to an aromatic ring is 1. The third-order valence-electron chi connectivity index (χ3n) is 2.23. The number of halogens is 3. The van der Waals surface area contributed by atoms with Gasteiger partial charge in [-0.05, 0) is 12.5 Å². The summed E-state index contributed by atoms with van der Waals surface area (Å²) in [7, 11) is 0. The number of anilines is 1. The molecule has 1 aromatic carbocycles. The van der Waals surface area contributed by atoms with Crippen molar-refractivity contribution in [1.29, 1.82) is 0 Å². The van der Waals surface area contributed by atoms with Crippen LogP contribution < -0.4 is 5.73 Å². The first-order chi connectivity index (χ1) is 7.49. The van der Waals surface area contributed by atoms with Crippen molar-refractivity contribution in [1.82, 2.24) is 0 Å². The van der Waals surface area contributed by atoms with E-state index in [1.807, 2.05) is 0 Å². The summed E-state index contributed by atoms with van der Waals surface area (Å²) in [5.74, 6) is -2.37. The summed E-state index contributed by atoms with van der Waals surface area (Å²) in [6, 6.07) is 2.26. The van der Waals surface area contributed by atoms with E-state index in [1.54, 1.807) is 0 Å². The van der Waals surface area contributed by atoms with Gasteiger partial charge in [-0.1, -0.05) is 6.07 Å². The molecule has 90 valence electrons. The SMILES string of the molecule is Nc1ccc(C(O)C(O)CCCl)c(F)c1F. The van der Waals surface area contributed by atoms with E-state index >= 15 is 0 Å². The van der Waals surface area contributed by atoms with Gasteiger partial charge in [0.05, 0.1) is 11.8 Å². The normalized spacial score (nSPS) is 14.8. The van der Waals surface area contributed by atoms with Crippen LogP contribution in [-0.4, -0.2) is 22.2 Å². The van der Waals surface area contributed by atoms with Crippen molar-refractivity contribution < 1.29 is 19.0 Å². The monoisotopic (exact) mass is 251 g/mol. The average Bonchev–Trinajstić information content (AvgIpc) is 2.26. The molecule has 0 aliphatic carbocycles. The van der Waals surface area contributed by atoms with Gasteiger partial charge in [0.1, 0.15) is 6.10 Å².